The Balaban J connectivity index is 1.67. The van der Waals surface area contributed by atoms with Crippen molar-refractivity contribution >= 4 is 39.1 Å². The molecule has 30 heavy (non-hydrogen) atoms. The third-order valence-electron chi connectivity index (χ3n) is 4.72. The third-order valence-corrected chi connectivity index (χ3v) is 7.31. The van der Waals surface area contributed by atoms with Crippen molar-refractivity contribution in [2.24, 2.45) is 0 Å². The molecular formula is C22H20N2O4S2. The van der Waals surface area contributed by atoms with Gasteiger partial charge in [0.15, 0.2) is 6.10 Å². The van der Waals surface area contributed by atoms with Crippen LogP contribution in [0.3, 0.4) is 0 Å². The topological polar surface area (TPSA) is 75.7 Å². The Morgan fingerprint density at radius 2 is 1.67 bits per heavy atom. The first-order chi connectivity index (χ1) is 14.5. The van der Waals surface area contributed by atoms with Gasteiger partial charge in [0.1, 0.15) is 5.75 Å². The molecule has 1 heterocycles. The van der Waals surface area contributed by atoms with Crippen LogP contribution in [0.5, 0.6) is 5.75 Å². The number of nitrogens with zero attached hydrogens (tertiary/aromatic N) is 1. The highest BCUT2D eigenvalue weighted by molar-refractivity contribution is 7.98. The number of para-hydroxylation sites is 3. The average molecular weight is 441 g/mol. The summed E-state index contributed by atoms with van der Waals surface area (Å²) in [7, 11) is -3.86. The quantitative estimate of drug-likeness (QED) is 0.607. The van der Waals surface area contributed by atoms with Crippen LogP contribution in [0.2, 0.25) is 0 Å². The lowest BCUT2D eigenvalue weighted by Gasteiger charge is -2.34. The third kappa shape index (κ3) is 3.88. The summed E-state index contributed by atoms with van der Waals surface area (Å²) >= 11 is 1.51. The van der Waals surface area contributed by atoms with Crippen molar-refractivity contribution in [1.29, 1.82) is 0 Å². The summed E-state index contributed by atoms with van der Waals surface area (Å²) in [6.07, 6.45) is 0.931. The number of benzene rings is 3. The fourth-order valence-corrected chi connectivity index (χ4v) is 5.30. The molecule has 0 radical (unpaired) electrons. The first-order valence-electron chi connectivity index (χ1n) is 9.28. The van der Waals surface area contributed by atoms with Gasteiger partial charge in [-0.2, -0.15) is 0 Å². The van der Waals surface area contributed by atoms with Crippen molar-refractivity contribution < 1.29 is 17.9 Å². The minimum atomic E-state index is -3.86. The van der Waals surface area contributed by atoms with Crippen molar-refractivity contribution in [2.75, 3.05) is 22.4 Å². The Morgan fingerprint density at radius 3 is 2.43 bits per heavy atom. The van der Waals surface area contributed by atoms with Gasteiger partial charge in [-0.3, -0.25) is 9.10 Å². The van der Waals surface area contributed by atoms with E-state index < -0.39 is 22.0 Å². The van der Waals surface area contributed by atoms with Gasteiger partial charge in [0.05, 0.1) is 22.8 Å². The number of nitrogens with one attached hydrogen (secondary N) is 1. The standard InChI is InChI=1S/C22H20N2O4S2/c1-29-21-14-8-5-11-17(21)23-22(25)20-15-24(18-12-6-7-13-19(18)28-20)30(26,27)16-9-3-2-4-10-16/h2-14,20H,15H2,1H3,(H,23,25)/t20-/m0/s1. The van der Waals surface area contributed by atoms with Gasteiger partial charge in [0.25, 0.3) is 15.9 Å². The number of hydrogen-bond donors (Lipinski definition) is 1. The van der Waals surface area contributed by atoms with E-state index in [2.05, 4.69) is 5.32 Å². The zero-order valence-corrected chi connectivity index (χ0v) is 17.8. The second-order valence-corrected chi connectivity index (χ2v) is 9.32. The lowest BCUT2D eigenvalue weighted by atomic mass is 10.2. The van der Waals surface area contributed by atoms with Gasteiger partial charge in [-0.1, -0.05) is 42.5 Å². The number of fused-ring (bicyclic) bond motifs is 1. The van der Waals surface area contributed by atoms with Crippen molar-refractivity contribution in [3.05, 3.63) is 78.9 Å². The molecule has 0 saturated heterocycles. The fourth-order valence-electron chi connectivity index (χ4n) is 3.25. The molecule has 4 rings (SSSR count). The average Bonchev–Trinajstić information content (AvgIpc) is 2.79. The Labute approximate surface area is 179 Å². The minimum Gasteiger partial charge on any atom is -0.476 e. The largest absolute Gasteiger partial charge is 0.476 e. The molecule has 0 bridgehead atoms. The Morgan fingerprint density at radius 1 is 1.00 bits per heavy atom. The molecule has 154 valence electrons. The van der Waals surface area contributed by atoms with E-state index in [4.69, 9.17) is 4.74 Å². The van der Waals surface area contributed by atoms with Gasteiger partial charge >= 0.3 is 0 Å². The molecule has 1 amide bonds. The molecule has 8 heteroatoms. The second-order valence-electron chi connectivity index (χ2n) is 6.61. The van der Waals surface area contributed by atoms with Gasteiger partial charge in [-0.05, 0) is 42.7 Å². The molecule has 0 aliphatic carbocycles. The zero-order chi connectivity index (χ0) is 21.1. The Bertz CT molecular complexity index is 1170. The summed E-state index contributed by atoms with van der Waals surface area (Å²) in [6, 6.07) is 22.4. The second kappa shape index (κ2) is 8.41. The van der Waals surface area contributed by atoms with E-state index in [1.807, 2.05) is 24.5 Å². The van der Waals surface area contributed by atoms with E-state index in [0.717, 1.165) is 4.90 Å². The highest BCUT2D eigenvalue weighted by Gasteiger charge is 2.37. The molecule has 0 fully saturated rings. The van der Waals surface area contributed by atoms with Crippen LogP contribution in [0, 0.1) is 0 Å². The van der Waals surface area contributed by atoms with Gasteiger partial charge in [0, 0.05) is 4.90 Å². The number of carbonyl (C=O) groups excluding carboxylic acids is 1. The molecule has 1 atom stereocenters. The summed E-state index contributed by atoms with van der Waals surface area (Å²) in [4.78, 5) is 14.1. The number of thioether (sulfide) groups is 1. The number of amides is 1. The SMILES string of the molecule is CSc1ccccc1NC(=O)[C@@H]1CN(S(=O)(=O)c2ccccc2)c2ccccc2O1. The predicted octanol–water partition coefficient (Wildman–Crippen LogP) is 4.00. The highest BCUT2D eigenvalue weighted by Crippen LogP contribution is 2.37. The van der Waals surface area contributed by atoms with E-state index in [9.17, 15) is 13.2 Å². The number of anilines is 2. The maximum Gasteiger partial charge on any atom is 0.267 e. The molecule has 0 spiro atoms. The normalized spacial score (nSPS) is 15.8. The van der Waals surface area contributed by atoms with E-state index in [0.29, 0.717) is 17.1 Å². The van der Waals surface area contributed by atoms with E-state index in [1.54, 1.807) is 48.5 Å². The zero-order valence-electron chi connectivity index (χ0n) is 16.2. The number of rotatable bonds is 5. The van der Waals surface area contributed by atoms with E-state index >= 15 is 0 Å². The van der Waals surface area contributed by atoms with Crippen molar-refractivity contribution in [2.45, 2.75) is 15.9 Å². The van der Waals surface area contributed by atoms with E-state index in [1.165, 1.54) is 28.2 Å². The van der Waals surface area contributed by atoms with Crippen LogP contribution >= 0.6 is 11.8 Å². The molecule has 6 nitrogen and oxygen atoms in total. The molecule has 0 unspecified atom stereocenters. The van der Waals surface area contributed by atoms with Crippen LogP contribution < -0.4 is 14.4 Å². The summed E-state index contributed by atoms with van der Waals surface area (Å²) in [5.41, 5.74) is 1.07. The fraction of sp³-hybridized carbons (Fsp3) is 0.136. The summed E-state index contributed by atoms with van der Waals surface area (Å²) < 4.78 is 33.7. The maximum absolute atomic E-state index is 13.3. The Kier molecular flexibility index (Phi) is 5.69. The Hall–Kier alpha value is -2.97. The lowest BCUT2D eigenvalue weighted by Crippen LogP contribution is -2.48. The summed E-state index contributed by atoms with van der Waals surface area (Å²) in [6.45, 7) is -0.124. The minimum absolute atomic E-state index is 0.124. The summed E-state index contributed by atoms with van der Waals surface area (Å²) in [5, 5.41) is 2.87. The lowest BCUT2D eigenvalue weighted by molar-refractivity contribution is -0.122. The van der Waals surface area contributed by atoms with E-state index in [-0.39, 0.29) is 11.4 Å². The van der Waals surface area contributed by atoms with Crippen LogP contribution in [-0.4, -0.2) is 33.2 Å². The number of hydrogen-bond acceptors (Lipinski definition) is 5. The predicted molar refractivity (Wildman–Crippen MR) is 119 cm³/mol. The smallest absolute Gasteiger partial charge is 0.267 e. The molecule has 0 saturated carbocycles. The number of carbonyl (C=O) groups is 1. The van der Waals surface area contributed by atoms with Crippen LogP contribution in [0.4, 0.5) is 11.4 Å². The highest BCUT2D eigenvalue weighted by atomic mass is 32.2. The van der Waals surface area contributed by atoms with Crippen LogP contribution in [-0.2, 0) is 14.8 Å². The van der Waals surface area contributed by atoms with Crippen LogP contribution in [0.1, 0.15) is 0 Å². The summed E-state index contributed by atoms with van der Waals surface area (Å²) in [5.74, 6) is -0.0548. The van der Waals surface area contributed by atoms with Crippen LogP contribution in [0.25, 0.3) is 0 Å². The molecule has 1 aliphatic heterocycles. The number of ether oxygens (including phenoxy) is 1. The van der Waals surface area contributed by atoms with Gasteiger partial charge in [-0.15, -0.1) is 11.8 Å². The van der Waals surface area contributed by atoms with Crippen molar-refractivity contribution in [3.8, 4) is 5.75 Å². The molecule has 1 N–H and O–H groups in total. The monoisotopic (exact) mass is 440 g/mol. The van der Waals surface area contributed by atoms with Crippen molar-refractivity contribution in [1.82, 2.24) is 0 Å². The van der Waals surface area contributed by atoms with Crippen molar-refractivity contribution in [3.63, 3.8) is 0 Å². The first-order valence-corrected chi connectivity index (χ1v) is 11.9. The number of sulfonamides is 1. The first kappa shape index (κ1) is 20.3. The van der Waals surface area contributed by atoms with Gasteiger partial charge in [-0.25, -0.2) is 8.42 Å². The maximum atomic E-state index is 13.3. The molecule has 0 aromatic heterocycles. The molecule has 1 aliphatic rings. The molecule has 3 aromatic carbocycles. The van der Waals surface area contributed by atoms with Crippen LogP contribution in [0.15, 0.2) is 88.7 Å². The molecule has 3 aromatic rings. The van der Waals surface area contributed by atoms with Gasteiger partial charge in [0.2, 0.25) is 0 Å². The van der Waals surface area contributed by atoms with Gasteiger partial charge < -0.3 is 10.1 Å². The molecular weight excluding hydrogens is 420 g/mol.